The molecule has 0 radical (unpaired) electrons. The van der Waals surface area contributed by atoms with Crippen LogP contribution in [0.3, 0.4) is 0 Å². The highest BCUT2D eigenvalue weighted by Crippen LogP contribution is 2.34. The SMILES string of the molecule is CC1CCC(CBr)(NC(=O)C(C)(C)C)CC1. The number of alkyl halides is 1. The van der Waals surface area contributed by atoms with Crippen molar-refractivity contribution in [1.29, 1.82) is 0 Å². The van der Waals surface area contributed by atoms with E-state index in [-0.39, 0.29) is 16.9 Å². The predicted octanol–water partition coefficient (Wildman–Crippen LogP) is 3.49. The van der Waals surface area contributed by atoms with Gasteiger partial charge >= 0.3 is 0 Å². The minimum Gasteiger partial charge on any atom is -0.349 e. The van der Waals surface area contributed by atoms with Crippen LogP contribution in [0.4, 0.5) is 0 Å². The molecule has 0 saturated heterocycles. The zero-order chi connectivity index (χ0) is 12.4. The van der Waals surface area contributed by atoms with Gasteiger partial charge in [-0.15, -0.1) is 0 Å². The first-order valence-electron chi connectivity index (χ1n) is 6.18. The van der Waals surface area contributed by atoms with Crippen molar-refractivity contribution < 1.29 is 4.79 Å². The Labute approximate surface area is 108 Å². The van der Waals surface area contributed by atoms with Gasteiger partial charge in [0.2, 0.25) is 5.91 Å². The first-order valence-corrected chi connectivity index (χ1v) is 7.30. The molecule has 1 aliphatic rings. The van der Waals surface area contributed by atoms with Gasteiger partial charge in [-0.05, 0) is 31.6 Å². The molecule has 1 fully saturated rings. The molecule has 0 spiro atoms. The maximum absolute atomic E-state index is 12.0. The Balaban J connectivity index is 2.65. The monoisotopic (exact) mass is 289 g/mol. The predicted molar refractivity (Wildman–Crippen MR) is 71.8 cm³/mol. The molecule has 3 heteroatoms. The van der Waals surface area contributed by atoms with E-state index in [1.54, 1.807) is 0 Å². The molecule has 0 aliphatic heterocycles. The molecule has 0 aromatic rings. The van der Waals surface area contributed by atoms with Crippen molar-refractivity contribution in [3.05, 3.63) is 0 Å². The second-order valence-electron chi connectivity index (χ2n) is 6.30. The Kier molecular flexibility index (Phi) is 4.44. The molecule has 0 heterocycles. The molecule has 0 unspecified atom stereocenters. The Hall–Kier alpha value is -0.0500. The minimum absolute atomic E-state index is 0.00310. The summed E-state index contributed by atoms with van der Waals surface area (Å²) in [4.78, 5) is 12.0. The summed E-state index contributed by atoms with van der Waals surface area (Å²) in [6.07, 6.45) is 4.63. The van der Waals surface area contributed by atoms with Crippen LogP contribution < -0.4 is 5.32 Å². The van der Waals surface area contributed by atoms with Gasteiger partial charge in [-0.1, -0.05) is 43.6 Å². The maximum atomic E-state index is 12.0. The molecular formula is C13H24BrNO. The Morgan fingerprint density at radius 1 is 1.38 bits per heavy atom. The van der Waals surface area contributed by atoms with Gasteiger partial charge in [0.15, 0.2) is 0 Å². The third-order valence-corrected chi connectivity index (χ3v) is 4.62. The smallest absolute Gasteiger partial charge is 0.225 e. The third kappa shape index (κ3) is 3.47. The summed E-state index contributed by atoms with van der Waals surface area (Å²) in [5, 5.41) is 4.13. The zero-order valence-corrected chi connectivity index (χ0v) is 12.5. The Bertz CT molecular complexity index is 249. The standard InChI is InChI=1S/C13H24BrNO/c1-10-5-7-13(9-14,8-6-10)15-11(16)12(2,3)4/h10H,5-9H2,1-4H3,(H,15,16). The number of halogens is 1. The lowest BCUT2D eigenvalue weighted by atomic mass is 9.77. The molecule has 16 heavy (non-hydrogen) atoms. The molecule has 2 nitrogen and oxygen atoms in total. The van der Waals surface area contributed by atoms with E-state index in [9.17, 15) is 4.79 Å². The Morgan fingerprint density at radius 2 is 1.88 bits per heavy atom. The third-order valence-electron chi connectivity index (χ3n) is 3.55. The lowest BCUT2D eigenvalue weighted by Crippen LogP contribution is -2.54. The second-order valence-corrected chi connectivity index (χ2v) is 6.86. The lowest BCUT2D eigenvalue weighted by Gasteiger charge is -2.40. The Morgan fingerprint density at radius 3 is 2.25 bits per heavy atom. The van der Waals surface area contributed by atoms with Gasteiger partial charge in [0.25, 0.3) is 0 Å². The first kappa shape index (κ1) is 14.0. The van der Waals surface area contributed by atoms with E-state index in [1.807, 2.05) is 20.8 Å². The normalized spacial score (nSPS) is 31.2. The number of hydrogen-bond acceptors (Lipinski definition) is 1. The molecule has 0 aromatic carbocycles. The fraction of sp³-hybridized carbons (Fsp3) is 0.923. The number of nitrogens with one attached hydrogen (secondary N) is 1. The summed E-state index contributed by atoms with van der Waals surface area (Å²) in [6.45, 7) is 8.20. The van der Waals surface area contributed by atoms with Gasteiger partial charge in [0, 0.05) is 16.3 Å². The van der Waals surface area contributed by atoms with Crippen molar-refractivity contribution in [2.24, 2.45) is 11.3 Å². The van der Waals surface area contributed by atoms with Gasteiger partial charge in [-0.25, -0.2) is 0 Å². The van der Waals surface area contributed by atoms with Crippen LogP contribution in [0.25, 0.3) is 0 Å². The van der Waals surface area contributed by atoms with Crippen LogP contribution in [0.15, 0.2) is 0 Å². The van der Waals surface area contributed by atoms with Gasteiger partial charge in [-0.2, -0.15) is 0 Å². The van der Waals surface area contributed by atoms with E-state index in [0.717, 1.165) is 24.1 Å². The quantitative estimate of drug-likeness (QED) is 0.775. The largest absolute Gasteiger partial charge is 0.349 e. The number of rotatable bonds is 2. The summed E-state index contributed by atoms with van der Waals surface area (Å²) in [5.74, 6) is 0.972. The van der Waals surface area contributed by atoms with Gasteiger partial charge in [0.1, 0.15) is 0 Å². The summed E-state index contributed by atoms with van der Waals surface area (Å²) >= 11 is 3.57. The summed E-state index contributed by atoms with van der Waals surface area (Å²) in [7, 11) is 0. The highest BCUT2D eigenvalue weighted by molar-refractivity contribution is 9.09. The zero-order valence-electron chi connectivity index (χ0n) is 10.9. The molecule has 0 bridgehead atoms. The number of hydrogen-bond donors (Lipinski definition) is 1. The maximum Gasteiger partial charge on any atom is 0.225 e. The van der Waals surface area contributed by atoms with E-state index >= 15 is 0 Å². The molecule has 1 amide bonds. The van der Waals surface area contributed by atoms with Gasteiger partial charge < -0.3 is 5.32 Å². The van der Waals surface area contributed by atoms with Crippen molar-refractivity contribution in [2.45, 2.75) is 58.9 Å². The molecule has 1 rings (SSSR count). The minimum atomic E-state index is -0.293. The van der Waals surface area contributed by atoms with Gasteiger partial charge in [0.05, 0.1) is 0 Å². The van der Waals surface area contributed by atoms with Crippen LogP contribution in [0.1, 0.15) is 53.4 Å². The van der Waals surface area contributed by atoms with Crippen molar-refractivity contribution in [3.8, 4) is 0 Å². The first-order chi connectivity index (χ1) is 7.29. The average molecular weight is 290 g/mol. The van der Waals surface area contributed by atoms with Crippen LogP contribution >= 0.6 is 15.9 Å². The topological polar surface area (TPSA) is 29.1 Å². The van der Waals surface area contributed by atoms with Crippen molar-refractivity contribution in [2.75, 3.05) is 5.33 Å². The van der Waals surface area contributed by atoms with Crippen molar-refractivity contribution in [3.63, 3.8) is 0 Å². The average Bonchev–Trinajstić information content (AvgIpc) is 2.20. The lowest BCUT2D eigenvalue weighted by molar-refractivity contribution is -0.130. The van der Waals surface area contributed by atoms with Crippen molar-refractivity contribution in [1.82, 2.24) is 5.32 Å². The molecule has 0 atom stereocenters. The van der Waals surface area contributed by atoms with Crippen LogP contribution in [0, 0.1) is 11.3 Å². The fourth-order valence-corrected chi connectivity index (χ4v) is 2.74. The van der Waals surface area contributed by atoms with E-state index in [2.05, 4.69) is 28.2 Å². The highest BCUT2D eigenvalue weighted by atomic mass is 79.9. The molecule has 1 saturated carbocycles. The van der Waals surface area contributed by atoms with Crippen LogP contribution in [-0.2, 0) is 4.79 Å². The number of carbonyl (C=O) groups is 1. The highest BCUT2D eigenvalue weighted by Gasteiger charge is 2.36. The van der Waals surface area contributed by atoms with Gasteiger partial charge in [-0.3, -0.25) is 4.79 Å². The van der Waals surface area contributed by atoms with E-state index in [1.165, 1.54) is 12.8 Å². The van der Waals surface area contributed by atoms with Crippen LogP contribution in [0.5, 0.6) is 0 Å². The van der Waals surface area contributed by atoms with E-state index in [0.29, 0.717) is 0 Å². The molecule has 94 valence electrons. The molecular weight excluding hydrogens is 266 g/mol. The number of amides is 1. The molecule has 0 aromatic heterocycles. The fourth-order valence-electron chi connectivity index (χ4n) is 2.04. The summed E-state index contributed by atoms with van der Waals surface area (Å²) in [6, 6.07) is 0. The molecule has 1 aliphatic carbocycles. The van der Waals surface area contributed by atoms with E-state index in [4.69, 9.17) is 0 Å². The summed E-state index contributed by atoms with van der Waals surface area (Å²) in [5.41, 5.74) is -0.297. The van der Waals surface area contributed by atoms with Crippen LogP contribution in [0.2, 0.25) is 0 Å². The summed E-state index contributed by atoms with van der Waals surface area (Å²) < 4.78 is 0. The molecule has 1 N–H and O–H groups in total. The van der Waals surface area contributed by atoms with Crippen molar-refractivity contribution >= 4 is 21.8 Å². The van der Waals surface area contributed by atoms with Crippen LogP contribution in [-0.4, -0.2) is 16.8 Å². The number of carbonyl (C=O) groups excluding carboxylic acids is 1. The second kappa shape index (κ2) is 5.07. The van der Waals surface area contributed by atoms with E-state index < -0.39 is 0 Å².